The van der Waals surface area contributed by atoms with Gasteiger partial charge in [0.1, 0.15) is 0 Å². The quantitative estimate of drug-likeness (QED) is 0.538. The second-order valence-electron chi connectivity index (χ2n) is 4.44. The molecule has 1 aliphatic rings. The zero-order valence-electron chi connectivity index (χ0n) is 8.10. The molecule has 2 nitrogen and oxygen atoms in total. The van der Waals surface area contributed by atoms with Crippen LogP contribution in [0.5, 0.6) is 0 Å². The van der Waals surface area contributed by atoms with Crippen molar-refractivity contribution in [3.8, 4) is 0 Å². The summed E-state index contributed by atoms with van der Waals surface area (Å²) < 4.78 is 11.2. The zero-order valence-corrected chi connectivity index (χ0v) is 8.10. The highest BCUT2D eigenvalue weighted by atomic mass is 16.7. The SMILES string of the molecule is CC1OC(C)(C)OCC1(C)C. The van der Waals surface area contributed by atoms with Gasteiger partial charge in [0.2, 0.25) is 0 Å². The Morgan fingerprint density at radius 3 is 2.09 bits per heavy atom. The molecule has 0 N–H and O–H groups in total. The molecule has 0 aliphatic carbocycles. The van der Waals surface area contributed by atoms with Crippen molar-refractivity contribution in [2.24, 2.45) is 5.41 Å². The van der Waals surface area contributed by atoms with Crippen LogP contribution in [0.4, 0.5) is 0 Å². The molecule has 0 amide bonds. The third-order valence-corrected chi connectivity index (χ3v) is 2.35. The molecule has 1 heterocycles. The molecular weight excluding hydrogens is 140 g/mol. The third-order valence-electron chi connectivity index (χ3n) is 2.35. The van der Waals surface area contributed by atoms with E-state index in [0.29, 0.717) is 0 Å². The third kappa shape index (κ3) is 1.94. The topological polar surface area (TPSA) is 18.5 Å². The molecule has 0 saturated carbocycles. The van der Waals surface area contributed by atoms with Crippen molar-refractivity contribution >= 4 is 0 Å². The van der Waals surface area contributed by atoms with Crippen LogP contribution in [0.15, 0.2) is 0 Å². The van der Waals surface area contributed by atoms with Crippen molar-refractivity contribution < 1.29 is 9.47 Å². The molecule has 1 rings (SSSR count). The van der Waals surface area contributed by atoms with Crippen LogP contribution in [-0.4, -0.2) is 18.5 Å². The van der Waals surface area contributed by atoms with Gasteiger partial charge in [0.05, 0.1) is 12.7 Å². The van der Waals surface area contributed by atoms with Crippen molar-refractivity contribution in [1.82, 2.24) is 0 Å². The van der Waals surface area contributed by atoms with Gasteiger partial charge in [0, 0.05) is 5.41 Å². The Bertz CT molecular complexity index is 150. The van der Waals surface area contributed by atoms with E-state index in [0.717, 1.165) is 6.61 Å². The smallest absolute Gasteiger partial charge is 0.163 e. The summed E-state index contributed by atoms with van der Waals surface area (Å²) in [4.78, 5) is 0. The Hall–Kier alpha value is -0.0800. The normalized spacial score (nSPS) is 35.2. The first-order valence-corrected chi connectivity index (χ1v) is 4.15. The first kappa shape index (κ1) is 9.01. The van der Waals surface area contributed by atoms with Crippen LogP contribution >= 0.6 is 0 Å². The molecule has 1 atom stereocenters. The average Bonchev–Trinajstić information content (AvgIpc) is 1.81. The Kier molecular flexibility index (Phi) is 2.01. The minimum atomic E-state index is -0.394. The van der Waals surface area contributed by atoms with Crippen LogP contribution in [-0.2, 0) is 9.47 Å². The minimum absolute atomic E-state index is 0.148. The van der Waals surface area contributed by atoms with Gasteiger partial charge in [-0.25, -0.2) is 0 Å². The number of ether oxygens (including phenoxy) is 2. The summed E-state index contributed by atoms with van der Waals surface area (Å²) in [5.41, 5.74) is 0.148. The van der Waals surface area contributed by atoms with E-state index >= 15 is 0 Å². The van der Waals surface area contributed by atoms with Gasteiger partial charge in [0.15, 0.2) is 5.79 Å². The van der Waals surface area contributed by atoms with E-state index in [9.17, 15) is 0 Å². The number of hydrogen-bond acceptors (Lipinski definition) is 2. The van der Waals surface area contributed by atoms with E-state index in [-0.39, 0.29) is 11.5 Å². The van der Waals surface area contributed by atoms with Crippen LogP contribution in [0, 0.1) is 5.41 Å². The Labute approximate surface area is 68.9 Å². The lowest BCUT2D eigenvalue weighted by Gasteiger charge is -2.44. The van der Waals surface area contributed by atoms with E-state index in [1.165, 1.54) is 0 Å². The van der Waals surface area contributed by atoms with Gasteiger partial charge in [-0.15, -0.1) is 0 Å². The highest BCUT2D eigenvalue weighted by molar-refractivity contribution is 4.81. The fourth-order valence-corrected chi connectivity index (χ4v) is 1.10. The standard InChI is InChI=1S/C9H18O2/c1-7-8(2,3)6-10-9(4,5)11-7/h7H,6H2,1-5H3. The lowest BCUT2D eigenvalue weighted by molar-refractivity contribution is -0.307. The van der Waals surface area contributed by atoms with Gasteiger partial charge in [-0.05, 0) is 20.8 Å². The summed E-state index contributed by atoms with van der Waals surface area (Å²) in [5.74, 6) is -0.394. The van der Waals surface area contributed by atoms with Crippen LogP contribution in [0.1, 0.15) is 34.6 Å². The van der Waals surface area contributed by atoms with E-state index in [1.807, 2.05) is 13.8 Å². The molecule has 1 aliphatic heterocycles. The predicted molar refractivity (Wildman–Crippen MR) is 44.4 cm³/mol. The van der Waals surface area contributed by atoms with E-state index in [4.69, 9.17) is 9.47 Å². The minimum Gasteiger partial charge on any atom is -0.350 e. The Morgan fingerprint density at radius 1 is 1.18 bits per heavy atom. The first-order valence-electron chi connectivity index (χ1n) is 4.15. The van der Waals surface area contributed by atoms with Crippen molar-refractivity contribution in [3.63, 3.8) is 0 Å². The van der Waals surface area contributed by atoms with Crippen molar-refractivity contribution in [3.05, 3.63) is 0 Å². The van der Waals surface area contributed by atoms with Gasteiger partial charge in [-0.2, -0.15) is 0 Å². The van der Waals surface area contributed by atoms with E-state index in [2.05, 4.69) is 20.8 Å². The average molecular weight is 158 g/mol. The second-order valence-corrected chi connectivity index (χ2v) is 4.44. The summed E-state index contributed by atoms with van der Waals surface area (Å²) in [6.45, 7) is 11.1. The lowest BCUT2D eigenvalue weighted by Crippen LogP contribution is -2.48. The lowest BCUT2D eigenvalue weighted by atomic mass is 9.87. The summed E-state index contributed by atoms with van der Waals surface area (Å²) in [6.07, 6.45) is 0.270. The Morgan fingerprint density at radius 2 is 1.73 bits per heavy atom. The summed E-state index contributed by atoms with van der Waals surface area (Å²) in [7, 11) is 0. The van der Waals surface area contributed by atoms with E-state index < -0.39 is 5.79 Å². The Balaban J connectivity index is 2.63. The fraction of sp³-hybridized carbons (Fsp3) is 1.00. The highest BCUT2D eigenvalue weighted by Crippen LogP contribution is 2.34. The van der Waals surface area contributed by atoms with Crippen LogP contribution in [0.25, 0.3) is 0 Å². The summed E-state index contributed by atoms with van der Waals surface area (Å²) in [6, 6.07) is 0. The van der Waals surface area contributed by atoms with E-state index in [1.54, 1.807) is 0 Å². The second kappa shape index (κ2) is 2.46. The maximum atomic E-state index is 5.67. The molecule has 0 spiro atoms. The molecule has 1 fully saturated rings. The van der Waals surface area contributed by atoms with Gasteiger partial charge in [-0.1, -0.05) is 13.8 Å². The highest BCUT2D eigenvalue weighted by Gasteiger charge is 2.38. The van der Waals surface area contributed by atoms with Crippen LogP contribution < -0.4 is 0 Å². The van der Waals surface area contributed by atoms with Gasteiger partial charge in [0.25, 0.3) is 0 Å². The summed E-state index contributed by atoms with van der Waals surface area (Å²) >= 11 is 0. The largest absolute Gasteiger partial charge is 0.350 e. The number of hydrogen-bond donors (Lipinski definition) is 0. The van der Waals surface area contributed by atoms with Crippen molar-refractivity contribution in [1.29, 1.82) is 0 Å². The maximum Gasteiger partial charge on any atom is 0.163 e. The fourth-order valence-electron chi connectivity index (χ4n) is 1.10. The van der Waals surface area contributed by atoms with Crippen molar-refractivity contribution in [2.75, 3.05) is 6.61 Å². The monoisotopic (exact) mass is 158 g/mol. The molecule has 11 heavy (non-hydrogen) atoms. The van der Waals surface area contributed by atoms with Crippen molar-refractivity contribution in [2.45, 2.75) is 46.5 Å². The molecule has 1 saturated heterocycles. The molecule has 1 unspecified atom stereocenters. The molecule has 2 heteroatoms. The first-order chi connectivity index (χ1) is 4.83. The number of rotatable bonds is 0. The van der Waals surface area contributed by atoms with Gasteiger partial charge in [-0.3, -0.25) is 0 Å². The molecular formula is C9H18O2. The predicted octanol–water partition coefficient (Wildman–Crippen LogP) is 2.18. The van der Waals surface area contributed by atoms with Gasteiger partial charge < -0.3 is 9.47 Å². The maximum absolute atomic E-state index is 5.67. The van der Waals surface area contributed by atoms with Crippen LogP contribution in [0.3, 0.4) is 0 Å². The molecule has 0 radical (unpaired) electrons. The molecule has 0 bridgehead atoms. The molecule has 0 aromatic heterocycles. The molecule has 0 aromatic rings. The summed E-state index contributed by atoms with van der Waals surface area (Å²) in [5, 5.41) is 0. The van der Waals surface area contributed by atoms with Gasteiger partial charge >= 0.3 is 0 Å². The molecule has 66 valence electrons. The zero-order chi connectivity index (χ0) is 8.70. The molecule has 0 aromatic carbocycles. The van der Waals surface area contributed by atoms with Crippen LogP contribution in [0.2, 0.25) is 0 Å².